The number of hydrogen-bond donors (Lipinski definition) is 1. The SMILES string of the molecule is O=C1NN=C2C=NC=CC12. The van der Waals surface area contributed by atoms with E-state index in [4.69, 9.17) is 0 Å². The van der Waals surface area contributed by atoms with Crippen LogP contribution >= 0.6 is 0 Å². The van der Waals surface area contributed by atoms with Crippen LogP contribution in [0.25, 0.3) is 0 Å². The number of carbonyl (C=O) groups excluding carboxylic acids is 1. The molecule has 2 aliphatic heterocycles. The van der Waals surface area contributed by atoms with Gasteiger partial charge in [0.1, 0.15) is 5.92 Å². The van der Waals surface area contributed by atoms with E-state index in [1.54, 1.807) is 18.5 Å². The number of aliphatic imine (C=N–C) groups is 1. The number of rotatable bonds is 0. The lowest BCUT2D eigenvalue weighted by Gasteiger charge is -2.01. The number of nitrogens with one attached hydrogen (secondary N) is 1. The molecule has 2 rings (SSSR count). The first-order valence-electron chi connectivity index (χ1n) is 2.95. The molecule has 0 saturated heterocycles. The number of amides is 1. The molecule has 2 heterocycles. The number of hydrogen-bond acceptors (Lipinski definition) is 3. The maximum absolute atomic E-state index is 10.9. The van der Waals surface area contributed by atoms with Crippen LogP contribution in [0.15, 0.2) is 22.4 Å². The van der Waals surface area contributed by atoms with Crippen LogP contribution in [0.4, 0.5) is 0 Å². The summed E-state index contributed by atoms with van der Waals surface area (Å²) in [6.07, 6.45) is 4.92. The van der Waals surface area contributed by atoms with E-state index in [1.807, 2.05) is 0 Å². The number of hydrazone groups is 1. The molecule has 2 aliphatic rings. The second kappa shape index (κ2) is 1.76. The minimum absolute atomic E-state index is 0.0719. The van der Waals surface area contributed by atoms with E-state index in [0.717, 1.165) is 0 Å². The van der Waals surface area contributed by atoms with Crippen LogP contribution in [-0.4, -0.2) is 17.8 Å². The van der Waals surface area contributed by atoms with Crippen molar-refractivity contribution in [2.24, 2.45) is 16.0 Å². The molecule has 1 unspecified atom stereocenters. The molecule has 1 amide bonds. The van der Waals surface area contributed by atoms with Crippen LogP contribution in [0.5, 0.6) is 0 Å². The summed E-state index contributed by atoms with van der Waals surface area (Å²) in [5.41, 5.74) is 3.07. The van der Waals surface area contributed by atoms with Crippen molar-refractivity contribution in [2.75, 3.05) is 0 Å². The Morgan fingerprint density at radius 3 is 3.30 bits per heavy atom. The molecule has 0 aromatic rings. The topological polar surface area (TPSA) is 53.8 Å². The number of carbonyl (C=O) groups is 1. The fourth-order valence-electron chi connectivity index (χ4n) is 0.943. The third kappa shape index (κ3) is 0.586. The molecule has 0 spiro atoms. The normalized spacial score (nSPS) is 27.8. The van der Waals surface area contributed by atoms with Crippen LogP contribution in [0, 0.1) is 5.92 Å². The van der Waals surface area contributed by atoms with Gasteiger partial charge in [-0.3, -0.25) is 9.79 Å². The first-order valence-corrected chi connectivity index (χ1v) is 2.95. The molecule has 4 nitrogen and oxygen atoms in total. The average molecular weight is 135 g/mol. The van der Waals surface area contributed by atoms with Gasteiger partial charge in [0.25, 0.3) is 5.91 Å². The zero-order valence-corrected chi connectivity index (χ0v) is 5.11. The fraction of sp³-hybridized carbons (Fsp3) is 0.167. The molecule has 50 valence electrons. The van der Waals surface area contributed by atoms with E-state index in [-0.39, 0.29) is 11.8 Å². The summed E-state index contributed by atoms with van der Waals surface area (Å²) in [6.45, 7) is 0. The van der Waals surface area contributed by atoms with Gasteiger partial charge in [-0.05, 0) is 6.08 Å². The predicted molar refractivity (Wildman–Crippen MR) is 36.7 cm³/mol. The van der Waals surface area contributed by atoms with Crippen molar-refractivity contribution in [3.05, 3.63) is 12.3 Å². The van der Waals surface area contributed by atoms with Gasteiger partial charge in [-0.15, -0.1) is 0 Å². The van der Waals surface area contributed by atoms with Gasteiger partial charge in [-0.2, -0.15) is 5.10 Å². The second-order valence-electron chi connectivity index (χ2n) is 2.11. The Bertz CT molecular complexity index is 264. The van der Waals surface area contributed by atoms with E-state index < -0.39 is 0 Å². The molecule has 0 aromatic carbocycles. The Morgan fingerprint density at radius 2 is 2.50 bits per heavy atom. The van der Waals surface area contributed by atoms with Crippen molar-refractivity contribution < 1.29 is 4.79 Å². The lowest BCUT2D eigenvalue weighted by Crippen LogP contribution is -2.22. The first kappa shape index (κ1) is 5.34. The van der Waals surface area contributed by atoms with E-state index in [1.165, 1.54) is 0 Å². The number of nitrogens with zero attached hydrogens (tertiary/aromatic N) is 2. The Balaban J connectivity index is 2.39. The van der Waals surface area contributed by atoms with Gasteiger partial charge in [0.05, 0.1) is 11.9 Å². The Labute approximate surface area is 57.3 Å². The predicted octanol–water partition coefficient (Wildman–Crippen LogP) is -0.314. The van der Waals surface area contributed by atoms with Gasteiger partial charge in [0, 0.05) is 6.20 Å². The molecule has 1 N–H and O–H groups in total. The molecular weight excluding hydrogens is 130 g/mol. The van der Waals surface area contributed by atoms with Gasteiger partial charge < -0.3 is 0 Å². The Morgan fingerprint density at radius 1 is 1.60 bits per heavy atom. The standard InChI is InChI=1S/C6H5N3O/c10-6-4-1-2-7-3-5(4)8-9-6/h1-4H,(H,9,10). The molecule has 0 bridgehead atoms. The summed E-state index contributed by atoms with van der Waals surface area (Å²) < 4.78 is 0. The Hall–Kier alpha value is -1.45. The van der Waals surface area contributed by atoms with Crippen molar-refractivity contribution in [1.29, 1.82) is 0 Å². The van der Waals surface area contributed by atoms with Gasteiger partial charge in [0.2, 0.25) is 0 Å². The molecule has 0 aromatic heterocycles. The van der Waals surface area contributed by atoms with Gasteiger partial charge in [0.15, 0.2) is 0 Å². The highest BCUT2D eigenvalue weighted by Gasteiger charge is 2.27. The second-order valence-corrected chi connectivity index (χ2v) is 2.11. The van der Waals surface area contributed by atoms with Crippen LogP contribution in [-0.2, 0) is 4.79 Å². The highest BCUT2D eigenvalue weighted by Crippen LogP contribution is 2.10. The van der Waals surface area contributed by atoms with Crippen molar-refractivity contribution in [3.8, 4) is 0 Å². The summed E-state index contributed by atoms with van der Waals surface area (Å²) in [6, 6.07) is 0. The molecular formula is C6H5N3O. The van der Waals surface area contributed by atoms with Crippen molar-refractivity contribution >= 4 is 17.8 Å². The lowest BCUT2D eigenvalue weighted by molar-refractivity contribution is -0.121. The summed E-state index contributed by atoms with van der Waals surface area (Å²) in [7, 11) is 0. The van der Waals surface area contributed by atoms with Crippen molar-refractivity contribution in [3.63, 3.8) is 0 Å². The average Bonchev–Trinajstić information content (AvgIpc) is 2.34. The van der Waals surface area contributed by atoms with Crippen molar-refractivity contribution in [2.45, 2.75) is 0 Å². The molecule has 0 saturated carbocycles. The highest BCUT2D eigenvalue weighted by atomic mass is 16.2. The van der Waals surface area contributed by atoms with Gasteiger partial charge in [-0.25, -0.2) is 5.43 Å². The third-order valence-corrected chi connectivity index (χ3v) is 1.47. The summed E-state index contributed by atoms with van der Waals surface area (Å²) >= 11 is 0. The van der Waals surface area contributed by atoms with Gasteiger partial charge in [-0.1, -0.05) is 0 Å². The fourth-order valence-corrected chi connectivity index (χ4v) is 0.943. The van der Waals surface area contributed by atoms with E-state index in [9.17, 15) is 4.79 Å². The third-order valence-electron chi connectivity index (χ3n) is 1.47. The molecule has 1 atom stereocenters. The van der Waals surface area contributed by atoms with Crippen LogP contribution in [0.1, 0.15) is 0 Å². The minimum atomic E-state index is -0.197. The van der Waals surface area contributed by atoms with E-state index in [0.29, 0.717) is 5.71 Å². The molecule has 10 heavy (non-hydrogen) atoms. The summed E-state index contributed by atoms with van der Waals surface area (Å²) in [5, 5.41) is 3.76. The van der Waals surface area contributed by atoms with Crippen LogP contribution in [0.2, 0.25) is 0 Å². The quantitative estimate of drug-likeness (QED) is 0.486. The minimum Gasteiger partial charge on any atom is -0.272 e. The van der Waals surface area contributed by atoms with Crippen molar-refractivity contribution in [1.82, 2.24) is 5.43 Å². The molecule has 0 fully saturated rings. The zero-order chi connectivity index (χ0) is 6.97. The zero-order valence-electron chi connectivity index (χ0n) is 5.11. The molecule has 0 aliphatic carbocycles. The maximum Gasteiger partial charge on any atom is 0.253 e. The first-order chi connectivity index (χ1) is 4.88. The monoisotopic (exact) mass is 135 g/mol. The summed E-state index contributed by atoms with van der Waals surface area (Å²) in [5.74, 6) is -0.269. The molecule has 0 radical (unpaired) electrons. The summed E-state index contributed by atoms with van der Waals surface area (Å²) in [4.78, 5) is 14.7. The van der Waals surface area contributed by atoms with Crippen LogP contribution < -0.4 is 5.43 Å². The highest BCUT2D eigenvalue weighted by molar-refractivity contribution is 6.38. The van der Waals surface area contributed by atoms with E-state index in [2.05, 4.69) is 15.5 Å². The van der Waals surface area contributed by atoms with Crippen LogP contribution in [0.3, 0.4) is 0 Å². The largest absolute Gasteiger partial charge is 0.272 e. The Kier molecular flexibility index (Phi) is 0.943. The van der Waals surface area contributed by atoms with Gasteiger partial charge >= 0.3 is 0 Å². The smallest absolute Gasteiger partial charge is 0.253 e. The van der Waals surface area contributed by atoms with E-state index >= 15 is 0 Å². The number of fused-ring (bicyclic) bond motifs is 1. The molecule has 4 heteroatoms. The lowest BCUT2D eigenvalue weighted by atomic mass is 10.0. The maximum atomic E-state index is 10.9.